The minimum absolute atomic E-state index is 0.00884. The highest BCUT2D eigenvalue weighted by Gasteiger charge is 2.29. The standard InChI is InChI=1S/C12H13Br2NO2S/c1-2-7-6-15(4-3-9(7)16)12(17)10-5-8(13)11(14)18-10/h5,7H,2-4,6H2,1H3. The summed E-state index contributed by atoms with van der Waals surface area (Å²) in [5.41, 5.74) is 0. The minimum Gasteiger partial charge on any atom is -0.337 e. The molecule has 1 aliphatic heterocycles. The molecule has 1 amide bonds. The fraction of sp³-hybridized carbons (Fsp3) is 0.500. The van der Waals surface area contributed by atoms with Crippen molar-refractivity contribution >= 4 is 54.9 Å². The highest BCUT2D eigenvalue weighted by Crippen LogP contribution is 2.33. The van der Waals surface area contributed by atoms with Gasteiger partial charge >= 0.3 is 0 Å². The Morgan fingerprint density at radius 3 is 2.83 bits per heavy atom. The summed E-state index contributed by atoms with van der Waals surface area (Å²) in [5.74, 6) is 0.321. The molecule has 0 bridgehead atoms. The highest BCUT2D eigenvalue weighted by atomic mass is 79.9. The molecule has 2 rings (SSSR count). The fourth-order valence-corrected chi connectivity index (χ4v) is 4.06. The van der Waals surface area contributed by atoms with Crippen molar-refractivity contribution in [3.8, 4) is 0 Å². The molecule has 1 aromatic rings. The molecule has 0 aliphatic carbocycles. The van der Waals surface area contributed by atoms with Crippen molar-refractivity contribution in [1.82, 2.24) is 4.90 Å². The molecule has 0 radical (unpaired) electrons. The summed E-state index contributed by atoms with van der Waals surface area (Å²) in [7, 11) is 0. The Kier molecular flexibility index (Phi) is 4.61. The van der Waals surface area contributed by atoms with E-state index in [1.165, 1.54) is 11.3 Å². The van der Waals surface area contributed by atoms with Gasteiger partial charge in [0, 0.05) is 29.9 Å². The first-order valence-corrected chi connectivity index (χ1v) is 8.20. The molecular formula is C12H13Br2NO2S. The van der Waals surface area contributed by atoms with E-state index in [-0.39, 0.29) is 17.6 Å². The largest absolute Gasteiger partial charge is 0.337 e. The molecule has 6 heteroatoms. The fourth-order valence-electron chi connectivity index (χ4n) is 2.06. The second kappa shape index (κ2) is 5.84. The van der Waals surface area contributed by atoms with Gasteiger partial charge in [0.1, 0.15) is 5.78 Å². The smallest absolute Gasteiger partial charge is 0.264 e. The predicted molar refractivity (Wildman–Crippen MR) is 79.0 cm³/mol. The summed E-state index contributed by atoms with van der Waals surface area (Å²) in [6.07, 6.45) is 1.29. The zero-order valence-electron chi connectivity index (χ0n) is 9.91. The topological polar surface area (TPSA) is 37.4 Å². The predicted octanol–water partition coefficient (Wildman–Crippen LogP) is 3.71. The van der Waals surface area contributed by atoms with E-state index in [2.05, 4.69) is 31.9 Å². The van der Waals surface area contributed by atoms with E-state index in [1.807, 2.05) is 13.0 Å². The molecular weight excluding hydrogens is 382 g/mol. The lowest BCUT2D eigenvalue weighted by molar-refractivity contribution is -0.125. The lowest BCUT2D eigenvalue weighted by Crippen LogP contribution is -2.43. The average Bonchev–Trinajstić information content (AvgIpc) is 2.69. The van der Waals surface area contributed by atoms with Gasteiger partial charge in [0.25, 0.3) is 5.91 Å². The van der Waals surface area contributed by atoms with Crippen LogP contribution in [0.15, 0.2) is 14.3 Å². The molecule has 0 aromatic carbocycles. The Morgan fingerprint density at radius 1 is 1.56 bits per heavy atom. The highest BCUT2D eigenvalue weighted by molar-refractivity contribution is 9.13. The van der Waals surface area contributed by atoms with Crippen LogP contribution >= 0.6 is 43.2 Å². The quantitative estimate of drug-likeness (QED) is 0.766. The molecule has 98 valence electrons. The number of likely N-dealkylation sites (tertiary alicyclic amines) is 1. The molecule has 1 aliphatic rings. The van der Waals surface area contributed by atoms with E-state index in [4.69, 9.17) is 0 Å². The first-order valence-electron chi connectivity index (χ1n) is 5.79. The summed E-state index contributed by atoms with van der Waals surface area (Å²) in [4.78, 5) is 26.5. The van der Waals surface area contributed by atoms with Crippen LogP contribution in [0.4, 0.5) is 0 Å². The van der Waals surface area contributed by atoms with Crippen molar-refractivity contribution in [2.24, 2.45) is 5.92 Å². The summed E-state index contributed by atoms with van der Waals surface area (Å²) in [5, 5.41) is 0. The molecule has 0 saturated carbocycles. The van der Waals surface area contributed by atoms with Crippen LogP contribution in [0.3, 0.4) is 0 Å². The number of Topliss-reactive ketones (excluding diaryl/α,β-unsaturated/α-hetero) is 1. The monoisotopic (exact) mass is 393 g/mol. The Hall–Kier alpha value is -0.200. The van der Waals surface area contributed by atoms with Crippen molar-refractivity contribution in [3.05, 3.63) is 19.2 Å². The van der Waals surface area contributed by atoms with E-state index < -0.39 is 0 Å². The molecule has 0 N–H and O–H groups in total. The van der Waals surface area contributed by atoms with Gasteiger partial charge < -0.3 is 4.90 Å². The number of hydrogen-bond acceptors (Lipinski definition) is 3. The SMILES string of the molecule is CCC1CN(C(=O)c2cc(Br)c(Br)s2)CCC1=O. The van der Waals surface area contributed by atoms with Crippen LogP contribution in [0.25, 0.3) is 0 Å². The lowest BCUT2D eigenvalue weighted by atomic mass is 9.94. The van der Waals surface area contributed by atoms with Crippen molar-refractivity contribution < 1.29 is 9.59 Å². The molecule has 1 atom stereocenters. The number of thiophene rings is 1. The van der Waals surface area contributed by atoms with Gasteiger partial charge in [-0.05, 0) is 44.3 Å². The van der Waals surface area contributed by atoms with Gasteiger partial charge in [-0.1, -0.05) is 6.92 Å². The van der Waals surface area contributed by atoms with E-state index in [0.29, 0.717) is 24.4 Å². The van der Waals surface area contributed by atoms with Gasteiger partial charge in [0.05, 0.1) is 8.66 Å². The van der Waals surface area contributed by atoms with E-state index >= 15 is 0 Å². The van der Waals surface area contributed by atoms with Crippen molar-refractivity contribution in [2.75, 3.05) is 13.1 Å². The van der Waals surface area contributed by atoms with Crippen LogP contribution in [0, 0.1) is 5.92 Å². The second-order valence-electron chi connectivity index (χ2n) is 4.30. The van der Waals surface area contributed by atoms with Gasteiger partial charge in [-0.15, -0.1) is 11.3 Å². The molecule has 2 heterocycles. The van der Waals surface area contributed by atoms with E-state index in [1.54, 1.807) is 4.90 Å². The van der Waals surface area contributed by atoms with Gasteiger partial charge in [0.2, 0.25) is 0 Å². The van der Waals surface area contributed by atoms with Gasteiger partial charge in [0.15, 0.2) is 0 Å². The second-order valence-corrected chi connectivity index (χ2v) is 7.53. The maximum absolute atomic E-state index is 12.3. The third-order valence-corrected chi connectivity index (χ3v) is 6.40. The average molecular weight is 395 g/mol. The van der Waals surface area contributed by atoms with Crippen LogP contribution in [0.5, 0.6) is 0 Å². The van der Waals surface area contributed by atoms with Crippen molar-refractivity contribution in [1.29, 1.82) is 0 Å². The van der Waals surface area contributed by atoms with Crippen molar-refractivity contribution in [2.45, 2.75) is 19.8 Å². The van der Waals surface area contributed by atoms with E-state index in [0.717, 1.165) is 14.7 Å². The van der Waals surface area contributed by atoms with Gasteiger partial charge in [-0.2, -0.15) is 0 Å². The number of nitrogens with zero attached hydrogens (tertiary/aromatic N) is 1. The summed E-state index contributed by atoms with van der Waals surface area (Å²) >= 11 is 8.19. The zero-order chi connectivity index (χ0) is 13.3. The Bertz CT molecular complexity index is 467. The Balaban J connectivity index is 2.12. The van der Waals surface area contributed by atoms with Gasteiger partial charge in [-0.25, -0.2) is 0 Å². The molecule has 1 unspecified atom stereocenters. The number of rotatable bonds is 2. The molecule has 1 aromatic heterocycles. The van der Waals surface area contributed by atoms with E-state index in [9.17, 15) is 9.59 Å². The van der Waals surface area contributed by atoms with Crippen LogP contribution in [0.1, 0.15) is 29.4 Å². The number of piperidine rings is 1. The molecule has 3 nitrogen and oxygen atoms in total. The molecule has 1 saturated heterocycles. The third kappa shape index (κ3) is 2.86. The third-order valence-electron chi connectivity index (χ3n) is 3.16. The number of halogens is 2. The number of amides is 1. The number of carbonyl (C=O) groups excluding carboxylic acids is 2. The maximum Gasteiger partial charge on any atom is 0.264 e. The summed E-state index contributed by atoms with van der Waals surface area (Å²) in [6, 6.07) is 1.83. The van der Waals surface area contributed by atoms with Crippen LogP contribution < -0.4 is 0 Å². The van der Waals surface area contributed by atoms with Crippen molar-refractivity contribution in [3.63, 3.8) is 0 Å². The first-order chi connectivity index (χ1) is 8.52. The van der Waals surface area contributed by atoms with Crippen LogP contribution in [0.2, 0.25) is 0 Å². The molecule has 18 heavy (non-hydrogen) atoms. The van der Waals surface area contributed by atoms with Gasteiger partial charge in [-0.3, -0.25) is 9.59 Å². The normalized spacial score (nSPS) is 20.3. The van der Waals surface area contributed by atoms with Crippen LogP contribution in [-0.2, 0) is 4.79 Å². The summed E-state index contributed by atoms with van der Waals surface area (Å²) < 4.78 is 1.82. The first kappa shape index (κ1) is 14.2. The Labute approximate surface area is 127 Å². The molecule has 1 fully saturated rings. The zero-order valence-corrected chi connectivity index (χ0v) is 13.9. The minimum atomic E-state index is 0.00884. The number of carbonyl (C=O) groups is 2. The number of hydrogen-bond donors (Lipinski definition) is 0. The summed E-state index contributed by atoms with van der Waals surface area (Å²) in [6.45, 7) is 3.09. The lowest BCUT2D eigenvalue weighted by Gasteiger charge is -2.31. The molecule has 0 spiro atoms. The van der Waals surface area contributed by atoms with Crippen LogP contribution in [-0.4, -0.2) is 29.7 Å². The Morgan fingerprint density at radius 2 is 2.28 bits per heavy atom. The maximum atomic E-state index is 12.3. The number of ketones is 1.